The summed E-state index contributed by atoms with van der Waals surface area (Å²) in [6.45, 7) is 0.724. The third kappa shape index (κ3) is 2.79. The van der Waals surface area contributed by atoms with Crippen molar-refractivity contribution >= 4 is 11.6 Å². The lowest BCUT2D eigenvalue weighted by atomic mass is 10.2. The molecule has 3 rings (SSSR count). The third-order valence-corrected chi connectivity index (χ3v) is 3.06. The highest BCUT2D eigenvalue weighted by atomic mass is 35.5. The Morgan fingerprint density at radius 3 is 2.67 bits per heavy atom. The van der Waals surface area contributed by atoms with Crippen LogP contribution in [0.2, 0.25) is 5.15 Å². The summed E-state index contributed by atoms with van der Waals surface area (Å²) in [5.41, 5.74) is 0.941. The number of rotatable bonds is 4. The maximum atomic E-state index is 6.00. The molecule has 2 aromatic rings. The molecule has 92 valence electrons. The van der Waals surface area contributed by atoms with Crippen molar-refractivity contribution in [2.75, 3.05) is 6.61 Å². The molecule has 0 amide bonds. The summed E-state index contributed by atoms with van der Waals surface area (Å²) < 4.78 is 5.64. The molecule has 1 aliphatic rings. The normalized spacial score (nSPS) is 14.5. The lowest BCUT2D eigenvalue weighted by molar-refractivity contribution is 0.288. The van der Waals surface area contributed by atoms with Gasteiger partial charge in [-0.05, 0) is 18.8 Å². The van der Waals surface area contributed by atoms with E-state index in [-0.39, 0.29) is 0 Å². The van der Waals surface area contributed by atoms with Crippen LogP contribution < -0.4 is 4.74 Å². The summed E-state index contributed by atoms with van der Waals surface area (Å²) in [5, 5.41) is 0.412. The summed E-state index contributed by atoms with van der Waals surface area (Å²) in [4.78, 5) is 8.61. The summed E-state index contributed by atoms with van der Waals surface area (Å²) in [6, 6.07) is 11.4. The Kier molecular flexibility index (Phi) is 3.15. The Morgan fingerprint density at radius 1 is 1.17 bits per heavy atom. The molecule has 0 unspecified atom stereocenters. The van der Waals surface area contributed by atoms with E-state index < -0.39 is 0 Å². The molecule has 0 atom stereocenters. The van der Waals surface area contributed by atoms with Gasteiger partial charge >= 0.3 is 0 Å². The fourth-order valence-electron chi connectivity index (χ4n) is 1.67. The molecule has 18 heavy (non-hydrogen) atoms. The fraction of sp³-hybridized carbons (Fsp3) is 0.286. The van der Waals surface area contributed by atoms with E-state index in [1.54, 1.807) is 6.07 Å². The van der Waals surface area contributed by atoms with Gasteiger partial charge in [0.25, 0.3) is 0 Å². The van der Waals surface area contributed by atoms with Gasteiger partial charge in [-0.15, -0.1) is 0 Å². The van der Waals surface area contributed by atoms with Crippen molar-refractivity contribution in [1.82, 2.24) is 9.97 Å². The SMILES string of the molecule is Clc1cc(OCC2CC2)nc(-c2ccccc2)n1. The van der Waals surface area contributed by atoms with Crippen LogP contribution >= 0.6 is 11.6 Å². The number of halogens is 1. The van der Waals surface area contributed by atoms with Crippen LogP contribution in [-0.4, -0.2) is 16.6 Å². The number of aromatic nitrogens is 2. The van der Waals surface area contributed by atoms with Crippen molar-refractivity contribution in [2.45, 2.75) is 12.8 Å². The van der Waals surface area contributed by atoms with Crippen LogP contribution in [0, 0.1) is 5.92 Å². The minimum atomic E-state index is 0.412. The van der Waals surface area contributed by atoms with Gasteiger partial charge in [0, 0.05) is 11.6 Å². The second-order valence-electron chi connectivity index (χ2n) is 4.47. The van der Waals surface area contributed by atoms with Crippen LogP contribution in [0.5, 0.6) is 5.88 Å². The Morgan fingerprint density at radius 2 is 1.94 bits per heavy atom. The zero-order valence-electron chi connectivity index (χ0n) is 9.84. The molecule has 1 aromatic heterocycles. The van der Waals surface area contributed by atoms with Gasteiger partial charge in [-0.2, -0.15) is 4.98 Å². The fourth-order valence-corrected chi connectivity index (χ4v) is 1.85. The topological polar surface area (TPSA) is 35.0 Å². The quantitative estimate of drug-likeness (QED) is 0.788. The molecule has 1 saturated carbocycles. The van der Waals surface area contributed by atoms with Gasteiger partial charge in [0.15, 0.2) is 5.82 Å². The maximum absolute atomic E-state index is 6.00. The van der Waals surface area contributed by atoms with Gasteiger partial charge in [0.05, 0.1) is 6.61 Å². The molecule has 1 fully saturated rings. The van der Waals surface area contributed by atoms with Crippen LogP contribution in [0.25, 0.3) is 11.4 Å². The molecular formula is C14H13ClN2O. The van der Waals surface area contributed by atoms with Crippen molar-refractivity contribution < 1.29 is 4.74 Å². The van der Waals surface area contributed by atoms with E-state index in [1.807, 2.05) is 30.3 Å². The van der Waals surface area contributed by atoms with E-state index in [1.165, 1.54) is 12.8 Å². The molecule has 0 aliphatic heterocycles. The second kappa shape index (κ2) is 4.94. The average Bonchev–Trinajstić information content (AvgIpc) is 3.21. The van der Waals surface area contributed by atoms with Crippen molar-refractivity contribution in [3.05, 3.63) is 41.6 Å². The molecule has 3 nitrogen and oxygen atoms in total. The minimum Gasteiger partial charge on any atom is -0.477 e. The van der Waals surface area contributed by atoms with Gasteiger partial charge in [-0.1, -0.05) is 41.9 Å². The summed E-state index contributed by atoms with van der Waals surface area (Å²) in [7, 11) is 0. The smallest absolute Gasteiger partial charge is 0.218 e. The van der Waals surface area contributed by atoms with Crippen molar-refractivity contribution in [3.8, 4) is 17.3 Å². The molecule has 4 heteroatoms. The summed E-state index contributed by atoms with van der Waals surface area (Å²) in [6.07, 6.45) is 2.51. The number of nitrogens with zero attached hydrogens (tertiary/aromatic N) is 2. The Hall–Kier alpha value is -1.61. The molecule has 0 N–H and O–H groups in total. The van der Waals surface area contributed by atoms with Gasteiger partial charge in [-0.25, -0.2) is 4.98 Å². The van der Waals surface area contributed by atoms with Crippen molar-refractivity contribution in [2.24, 2.45) is 5.92 Å². The van der Waals surface area contributed by atoms with Crippen LogP contribution in [0.15, 0.2) is 36.4 Å². The van der Waals surface area contributed by atoms with Gasteiger partial charge < -0.3 is 4.74 Å². The molecular weight excluding hydrogens is 248 g/mol. The van der Waals surface area contributed by atoms with E-state index >= 15 is 0 Å². The summed E-state index contributed by atoms with van der Waals surface area (Å²) in [5.74, 6) is 1.86. The Labute approximate surface area is 111 Å². The Balaban J connectivity index is 1.85. The first kappa shape index (κ1) is 11.5. The molecule has 1 aromatic carbocycles. The van der Waals surface area contributed by atoms with Crippen molar-refractivity contribution in [1.29, 1.82) is 0 Å². The van der Waals surface area contributed by atoms with Crippen LogP contribution in [0.1, 0.15) is 12.8 Å². The van der Waals surface area contributed by atoms with Gasteiger partial charge in [0.1, 0.15) is 5.15 Å². The van der Waals surface area contributed by atoms with E-state index in [2.05, 4.69) is 9.97 Å². The molecule has 1 aliphatic carbocycles. The number of hydrogen-bond donors (Lipinski definition) is 0. The van der Waals surface area contributed by atoms with Crippen LogP contribution in [-0.2, 0) is 0 Å². The van der Waals surface area contributed by atoms with Crippen LogP contribution in [0.4, 0.5) is 0 Å². The highest BCUT2D eigenvalue weighted by Gasteiger charge is 2.22. The molecule has 0 radical (unpaired) electrons. The molecule has 0 bridgehead atoms. The predicted octanol–water partition coefficient (Wildman–Crippen LogP) is 3.59. The van der Waals surface area contributed by atoms with Gasteiger partial charge in [-0.3, -0.25) is 0 Å². The zero-order valence-corrected chi connectivity index (χ0v) is 10.6. The van der Waals surface area contributed by atoms with Gasteiger partial charge in [0.2, 0.25) is 5.88 Å². The van der Waals surface area contributed by atoms with E-state index in [9.17, 15) is 0 Å². The largest absolute Gasteiger partial charge is 0.477 e. The first-order chi connectivity index (χ1) is 8.81. The number of ether oxygens (including phenoxy) is 1. The molecule has 0 spiro atoms. The lowest BCUT2D eigenvalue weighted by Gasteiger charge is -2.06. The highest BCUT2D eigenvalue weighted by Crippen LogP contribution is 2.30. The Bertz CT molecular complexity index is 541. The molecule has 1 heterocycles. The second-order valence-corrected chi connectivity index (χ2v) is 4.86. The number of hydrogen-bond acceptors (Lipinski definition) is 3. The van der Waals surface area contributed by atoms with E-state index in [0.29, 0.717) is 22.8 Å². The number of benzene rings is 1. The van der Waals surface area contributed by atoms with E-state index in [0.717, 1.165) is 12.2 Å². The maximum Gasteiger partial charge on any atom is 0.218 e. The predicted molar refractivity (Wildman–Crippen MR) is 70.7 cm³/mol. The monoisotopic (exact) mass is 260 g/mol. The lowest BCUT2D eigenvalue weighted by Crippen LogP contribution is -2.02. The zero-order chi connectivity index (χ0) is 12.4. The standard InChI is InChI=1S/C14H13ClN2O/c15-12-8-13(18-9-10-6-7-10)17-14(16-12)11-4-2-1-3-5-11/h1-5,8,10H,6-7,9H2. The third-order valence-electron chi connectivity index (χ3n) is 2.87. The van der Waals surface area contributed by atoms with Crippen LogP contribution in [0.3, 0.4) is 0 Å². The molecule has 0 saturated heterocycles. The first-order valence-corrected chi connectivity index (χ1v) is 6.42. The first-order valence-electron chi connectivity index (χ1n) is 6.04. The highest BCUT2D eigenvalue weighted by molar-refractivity contribution is 6.29. The van der Waals surface area contributed by atoms with E-state index in [4.69, 9.17) is 16.3 Å². The summed E-state index contributed by atoms with van der Waals surface area (Å²) >= 11 is 6.00. The minimum absolute atomic E-state index is 0.412. The average molecular weight is 261 g/mol. The van der Waals surface area contributed by atoms with Crippen molar-refractivity contribution in [3.63, 3.8) is 0 Å².